The predicted octanol–water partition coefficient (Wildman–Crippen LogP) is 2.99. The van der Waals surface area contributed by atoms with Crippen LogP contribution in [-0.2, 0) is 4.74 Å². The van der Waals surface area contributed by atoms with Crippen LogP contribution in [0.2, 0.25) is 0 Å². The Morgan fingerprint density at radius 2 is 1.44 bits per heavy atom. The summed E-state index contributed by atoms with van der Waals surface area (Å²) in [5.74, 6) is 0. The van der Waals surface area contributed by atoms with Crippen LogP contribution in [0.15, 0.2) is 48.5 Å². The lowest BCUT2D eigenvalue weighted by atomic mass is 10.1. The fourth-order valence-corrected chi connectivity index (χ4v) is 2.27. The molecule has 0 N–H and O–H groups in total. The number of benzene rings is 2. The number of hydrogen-bond donors (Lipinski definition) is 0. The Hall–Kier alpha value is -1.80. The van der Waals surface area contributed by atoms with Crippen LogP contribution in [-0.4, -0.2) is 26.3 Å². The zero-order valence-electron chi connectivity index (χ0n) is 10.3. The van der Waals surface area contributed by atoms with E-state index in [0.29, 0.717) is 0 Å². The van der Waals surface area contributed by atoms with Gasteiger partial charge in [0.05, 0.1) is 13.2 Å². The number of ether oxygens (including phenoxy) is 1. The number of nitrogens with zero attached hydrogens (tertiary/aromatic N) is 1. The van der Waals surface area contributed by atoms with Crippen molar-refractivity contribution in [1.29, 1.82) is 0 Å². The molecule has 3 rings (SSSR count). The molecule has 2 nitrogen and oxygen atoms in total. The van der Waals surface area contributed by atoms with E-state index in [1.54, 1.807) is 0 Å². The van der Waals surface area contributed by atoms with Gasteiger partial charge in [0.2, 0.25) is 0 Å². The second kappa shape index (κ2) is 5.23. The quantitative estimate of drug-likeness (QED) is 0.797. The molecule has 0 aromatic heterocycles. The maximum Gasteiger partial charge on any atom is 0.0642 e. The predicted molar refractivity (Wildman–Crippen MR) is 73.7 cm³/mol. The Bertz CT molecular complexity index is 486. The smallest absolute Gasteiger partial charge is 0.0642 e. The van der Waals surface area contributed by atoms with Gasteiger partial charge in [-0.25, -0.2) is 0 Å². The van der Waals surface area contributed by atoms with Crippen LogP contribution in [0.4, 0.5) is 5.69 Å². The molecule has 0 aliphatic carbocycles. The SMILES string of the molecule is [c]1ccc(-c2ccc(N3CCOCC3)cc2)cc1. The minimum atomic E-state index is 0.830. The van der Waals surface area contributed by atoms with Gasteiger partial charge in [0.1, 0.15) is 0 Å². The van der Waals surface area contributed by atoms with E-state index >= 15 is 0 Å². The van der Waals surface area contributed by atoms with Crippen molar-refractivity contribution in [3.63, 3.8) is 0 Å². The lowest BCUT2D eigenvalue weighted by Crippen LogP contribution is -2.36. The molecule has 1 saturated heterocycles. The normalized spacial score (nSPS) is 15.7. The third kappa shape index (κ3) is 2.39. The summed E-state index contributed by atoms with van der Waals surface area (Å²) in [6.07, 6.45) is 0. The monoisotopic (exact) mass is 238 g/mol. The summed E-state index contributed by atoms with van der Waals surface area (Å²) in [6.45, 7) is 3.63. The molecule has 1 aliphatic heterocycles. The average Bonchev–Trinajstić information content (AvgIpc) is 2.49. The Morgan fingerprint density at radius 3 is 2.11 bits per heavy atom. The van der Waals surface area contributed by atoms with Crippen LogP contribution in [0.3, 0.4) is 0 Å². The van der Waals surface area contributed by atoms with Gasteiger partial charge < -0.3 is 9.64 Å². The van der Waals surface area contributed by atoms with Crippen molar-refractivity contribution in [1.82, 2.24) is 0 Å². The number of hydrogen-bond acceptors (Lipinski definition) is 2. The Labute approximate surface area is 108 Å². The first kappa shape index (κ1) is 11.3. The average molecular weight is 238 g/mol. The van der Waals surface area contributed by atoms with Crippen molar-refractivity contribution in [3.05, 3.63) is 54.6 Å². The van der Waals surface area contributed by atoms with Gasteiger partial charge in [-0.05, 0) is 29.3 Å². The van der Waals surface area contributed by atoms with Crippen LogP contribution in [0.1, 0.15) is 0 Å². The second-order valence-electron chi connectivity index (χ2n) is 4.43. The van der Waals surface area contributed by atoms with Crippen LogP contribution in [0.25, 0.3) is 11.1 Å². The lowest BCUT2D eigenvalue weighted by molar-refractivity contribution is 0.122. The highest BCUT2D eigenvalue weighted by Crippen LogP contribution is 2.23. The molecule has 2 heteroatoms. The molecule has 2 aromatic carbocycles. The topological polar surface area (TPSA) is 12.5 Å². The maximum atomic E-state index is 5.37. The minimum Gasteiger partial charge on any atom is -0.378 e. The third-order valence-corrected chi connectivity index (χ3v) is 3.30. The van der Waals surface area contributed by atoms with Crippen LogP contribution < -0.4 is 4.90 Å². The van der Waals surface area contributed by atoms with Gasteiger partial charge in [0, 0.05) is 18.8 Å². The molecule has 1 aliphatic rings. The lowest BCUT2D eigenvalue weighted by Gasteiger charge is -2.28. The summed E-state index contributed by atoms with van der Waals surface area (Å²) < 4.78 is 5.37. The fraction of sp³-hybridized carbons (Fsp3) is 0.250. The van der Waals surface area contributed by atoms with Crippen LogP contribution in [0.5, 0.6) is 0 Å². The van der Waals surface area contributed by atoms with E-state index in [-0.39, 0.29) is 0 Å². The van der Waals surface area contributed by atoms with Gasteiger partial charge in [-0.2, -0.15) is 0 Å². The van der Waals surface area contributed by atoms with Gasteiger partial charge in [-0.15, -0.1) is 0 Å². The van der Waals surface area contributed by atoms with Gasteiger partial charge in [0.25, 0.3) is 0 Å². The molecule has 2 aromatic rings. The second-order valence-corrected chi connectivity index (χ2v) is 4.43. The first-order valence-electron chi connectivity index (χ1n) is 6.33. The number of rotatable bonds is 2. The molecule has 0 atom stereocenters. The summed E-state index contributed by atoms with van der Waals surface area (Å²) >= 11 is 0. The van der Waals surface area contributed by atoms with E-state index < -0.39 is 0 Å². The highest BCUT2D eigenvalue weighted by Gasteiger charge is 2.10. The molecule has 0 spiro atoms. The molecular formula is C16H16NO. The third-order valence-electron chi connectivity index (χ3n) is 3.30. The van der Waals surface area contributed by atoms with Crippen molar-refractivity contribution in [3.8, 4) is 11.1 Å². The molecule has 0 amide bonds. The van der Waals surface area contributed by atoms with E-state index in [4.69, 9.17) is 4.74 Å². The molecule has 1 radical (unpaired) electrons. The Balaban J connectivity index is 1.80. The highest BCUT2D eigenvalue weighted by molar-refractivity contribution is 5.66. The van der Waals surface area contributed by atoms with Crippen molar-refractivity contribution in [2.24, 2.45) is 0 Å². The highest BCUT2D eigenvalue weighted by atomic mass is 16.5. The van der Waals surface area contributed by atoms with Gasteiger partial charge in [-0.1, -0.05) is 36.4 Å². The van der Waals surface area contributed by atoms with Crippen molar-refractivity contribution < 1.29 is 4.74 Å². The van der Waals surface area contributed by atoms with E-state index in [9.17, 15) is 0 Å². The van der Waals surface area contributed by atoms with E-state index in [1.807, 2.05) is 12.1 Å². The maximum absolute atomic E-state index is 5.37. The molecule has 0 unspecified atom stereocenters. The van der Waals surface area contributed by atoms with E-state index in [2.05, 4.69) is 47.4 Å². The standard InChI is InChI=1S/C16H16NO/c1-2-4-14(5-3-1)15-6-8-16(9-7-15)17-10-12-18-13-11-17/h2-9H,10-13H2. The molecule has 0 bridgehead atoms. The molecule has 1 fully saturated rings. The Kier molecular flexibility index (Phi) is 3.29. The largest absolute Gasteiger partial charge is 0.378 e. The van der Waals surface area contributed by atoms with Crippen molar-refractivity contribution in [2.45, 2.75) is 0 Å². The summed E-state index contributed by atoms with van der Waals surface area (Å²) in [7, 11) is 0. The summed E-state index contributed by atoms with van der Waals surface area (Å²) in [5, 5.41) is 0. The van der Waals surface area contributed by atoms with Crippen molar-refractivity contribution >= 4 is 5.69 Å². The summed E-state index contributed by atoms with van der Waals surface area (Å²) in [5.41, 5.74) is 3.77. The fourth-order valence-electron chi connectivity index (χ4n) is 2.27. The molecule has 91 valence electrons. The first-order valence-corrected chi connectivity index (χ1v) is 6.33. The Morgan fingerprint density at radius 1 is 0.833 bits per heavy atom. The van der Waals surface area contributed by atoms with Gasteiger partial charge >= 0.3 is 0 Å². The molecule has 18 heavy (non-hydrogen) atoms. The molecule has 1 heterocycles. The van der Waals surface area contributed by atoms with E-state index in [1.165, 1.54) is 16.8 Å². The number of anilines is 1. The summed E-state index contributed by atoms with van der Waals surface area (Å²) in [6, 6.07) is 19.9. The summed E-state index contributed by atoms with van der Waals surface area (Å²) in [4.78, 5) is 2.37. The zero-order chi connectivity index (χ0) is 12.2. The number of morpholine rings is 1. The van der Waals surface area contributed by atoms with Crippen LogP contribution in [0, 0.1) is 6.07 Å². The van der Waals surface area contributed by atoms with E-state index in [0.717, 1.165) is 26.3 Å². The minimum absolute atomic E-state index is 0.830. The van der Waals surface area contributed by atoms with Crippen LogP contribution >= 0.6 is 0 Å². The van der Waals surface area contributed by atoms with Crippen molar-refractivity contribution in [2.75, 3.05) is 31.2 Å². The molecule has 0 saturated carbocycles. The first-order chi connectivity index (χ1) is 8.93. The van der Waals surface area contributed by atoms with Gasteiger partial charge in [0.15, 0.2) is 0 Å². The zero-order valence-corrected chi connectivity index (χ0v) is 10.3. The molecular weight excluding hydrogens is 222 g/mol. The van der Waals surface area contributed by atoms with Gasteiger partial charge in [-0.3, -0.25) is 0 Å².